The molecule has 0 fully saturated rings. The van der Waals surface area contributed by atoms with Gasteiger partial charge < -0.3 is 10.5 Å². The molecule has 2 N–H and O–H groups in total. The first-order chi connectivity index (χ1) is 6.56. The minimum Gasteiger partial charge on any atom is -0.493 e. The van der Waals surface area contributed by atoms with E-state index in [1.54, 1.807) is 6.92 Å². The monoisotopic (exact) mass is 197 g/mol. The molecule has 0 radical (unpaired) electrons. The summed E-state index contributed by atoms with van der Waals surface area (Å²) in [6.07, 6.45) is 0. The van der Waals surface area contributed by atoms with E-state index in [1.165, 1.54) is 6.92 Å². The fourth-order valence-corrected chi connectivity index (χ4v) is 1.25. The Kier molecular flexibility index (Phi) is 3.06. The fraction of sp³-hybridized carbons (Fsp3) is 0.300. The van der Waals surface area contributed by atoms with E-state index in [9.17, 15) is 9.18 Å². The molecule has 1 rings (SSSR count). The molecule has 0 atom stereocenters. The van der Waals surface area contributed by atoms with Gasteiger partial charge in [0, 0.05) is 11.8 Å². The third-order valence-electron chi connectivity index (χ3n) is 1.75. The fourth-order valence-electron chi connectivity index (χ4n) is 1.25. The third kappa shape index (κ3) is 2.02. The van der Waals surface area contributed by atoms with E-state index in [1.807, 2.05) is 0 Å². The van der Waals surface area contributed by atoms with Crippen molar-refractivity contribution >= 4 is 11.5 Å². The lowest BCUT2D eigenvalue weighted by Gasteiger charge is -2.10. The first kappa shape index (κ1) is 10.5. The summed E-state index contributed by atoms with van der Waals surface area (Å²) < 4.78 is 18.0. The van der Waals surface area contributed by atoms with Gasteiger partial charge in [-0.3, -0.25) is 4.79 Å². The van der Waals surface area contributed by atoms with Gasteiger partial charge in [-0.25, -0.2) is 4.39 Å². The molecule has 0 aliphatic heterocycles. The Morgan fingerprint density at radius 1 is 1.57 bits per heavy atom. The molecular formula is C10H12FNO2. The van der Waals surface area contributed by atoms with Crippen LogP contribution < -0.4 is 10.5 Å². The number of hydrogen-bond acceptors (Lipinski definition) is 3. The number of rotatable bonds is 3. The summed E-state index contributed by atoms with van der Waals surface area (Å²) in [5.41, 5.74) is 5.87. The number of ether oxygens (including phenoxy) is 1. The molecule has 0 aliphatic rings. The van der Waals surface area contributed by atoms with E-state index in [2.05, 4.69) is 0 Å². The van der Waals surface area contributed by atoms with Gasteiger partial charge in [0.1, 0.15) is 11.6 Å². The molecule has 3 nitrogen and oxygen atoms in total. The number of carbonyl (C=O) groups is 1. The Balaban J connectivity index is 3.28. The highest BCUT2D eigenvalue weighted by atomic mass is 19.1. The number of anilines is 1. The molecule has 76 valence electrons. The predicted molar refractivity (Wildman–Crippen MR) is 52.0 cm³/mol. The summed E-state index contributed by atoms with van der Waals surface area (Å²) in [4.78, 5) is 11.2. The highest BCUT2D eigenvalue weighted by molar-refractivity contribution is 6.01. The lowest BCUT2D eigenvalue weighted by Crippen LogP contribution is -2.05. The minimum atomic E-state index is -0.504. The van der Waals surface area contributed by atoms with Gasteiger partial charge >= 0.3 is 0 Å². The van der Waals surface area contributed by atoms with Crippen LogP contribution in [0.15, 0.2) is 12.1 Å². The highest BCUT2D eigenvalue weighted by Gasteiger charge is 2.13. The van der Waals surface area contributed by atoms with Gasteiger partial charge in [-0.15, -0.1) is 0 Å². The van der Waals surface area contributed by atoms with Gasteiger partial charge in [-0.05, 0) is 19.9 Å². The van der Waals surface area contributed by atoms with Gasteiger partial charge in [-0.2, -0.15) is 0 Å². The summed E-state index contributed by atoms with van der Waals surface area (Å²) in [5, 5.41) is 0. The Labute approximate surface area is 81.7 Å². The molecule has 0 aliphatic carbocycles. The van der Waals surface area contributed by atoms with Crippen LogP contribution in [-0.4, -0.2) is 12.4 Å². The molecule has 0 aromatic heterocycles. The Bertz CT molecular complexity index is 363. The van der Waals surface area contributed by atoms with E-state index in [-0.39, 0.29) is 22.8 Å². The lowest BCUT2D eigenvalue weighted by atomic mass is 10.1. The van der Waals surface area contributed by atoms with Gasteiger partial charge in [0.15, 0.2) is 5.78 Å². The molecule has 1 aromatic carbocycles. The van der Waals surface area contributed by atoms with Crippen LogP contribution >= 0.6 is 0 Å². The van der Waals surface area contributed by atoms with Crippen LogP contribution in [0.3, 0.4) is 0 Å². The number of halogens is 1. The normalized spacial score (nSPS) is 9.93. The molecule has 14 heavy (non-hydrogen) atoms. The number of carbonyl (C=O) groups excluding carboxylic acids is 1. The van der Waals surface area contributed by atoms with Crippen LogP contribution in [0.25, 0.3) is 0 Å². The van der Waals surface area contributed by atoms with Crippen LogP contribution in [-0.2, 0) is 0 Å². The summed E-state index contributed by atoms with van der Waals surface area (Å²) in [7, 11) is 0. The van der Waals surface area contributed by atoms with Gasteiger partial charge in [0.2, 0.25) is 0 Å². The maximum Gasteiger partial charge on any atom is 0.165 e. The van der Waals surface area contributed by atoms with Crippen molar-refractivity contribution in [1.29, 1.82) is 0 Å². The van der Waals surface area contributed by atoms with Crippen molar-refractivity contribution in [2.75, 3.05) is 12.3 Å². The summed E-state index contributed by atoms with van der Waals surface area (Å²) in [6.45, 7) is 3.49. The zero-order valence-corrected chi connectivity index (χ0v) is 8.13. The van der Waals surface area contributed by atoms with E-state index in [0.29, 0.717) is 6.61 Å². The van der Waals surface area contributed by atoms with Crippen molar-refractivity contribution in [2.45, 2.75) is 13.8 Å². The number of nitrogens with two attached hydrogens (primary N) is 1. The van der Waals surface area contributed by atoms with Gasteiger partial charge in [0.25, 0.3) is 0 Å². The highest BCUT2D eigenvalue weighted by Crippen LogP contribution is 2.26. The molecule has 0 unspecified atom stereocenters. The molecule has 0 heterocycles. The number of hydrogen-bond donors (Lipinski definition) is 1. The minimum absolute atomic E-state index is 0.112. The van der Waals surface area contributed by atoms with Crippen molar-refractivity contribution in [3.8, 4) is 5.75 Å². The third-order valence-corrected chi connectivity index (χ3v) is 1.75. The zero-order chi connectivity index (χ0) is 10.7. The average Bonchev–Trinajstić information content (AvgIpc) is 2.01. The standard InChI is InChI=1S/C10H12FNO2/c1-3-14-9-5-7(11)4-8(12)10(9)6(2)13/h4-5H,3,12H2,1-2H3. The smallest absolute Gasteiger partial charge is 0.165 e. The summed E-state index contributed by atoms with van der Waals surface area (Å²) >= 11 is 0. The Hall–Kier alpha value is -1.58. The quantitative estimate of drug-likeness (QED) is 0.595. The van der Waals surface area contributed by atoms with Crippen molar-refractivity contribution in [3.05, 3.63) is 23.5 Å². The van der Waals surface area contributed by atoms with E-state index in [0.717, 1.165) is 12.1 Å². The van der Waals surface area contributed by atoms with E-state index >= 15 is 0 Å². The second-order valence-electron chi connectivity index (χ2n) is 2.86. The maximum absolute atomic E-state index is 12.9. The van der Waals surface area contributed by atoms with Gasteiger partial charge in [-0.1, -0.05) is 0 Å². The van der Waals surface area contributed by atoms with Crippen LogP contribution in [0, 0.1) is 5.82 Å². The summed E-state index contributed by atoms with van der Waals surface area (Å²) in [5.74, 6) is -0.528. The van der Waals surface area contributed by atoms with E-state index < -0.39 is 5.82 Å². The van der Waals surface area contributed by atoms with Crippen molar-refractivity contribution < 1.29 is 13.9 Å². The van der Waals surface area contributed by atoms with Crippen molar-refractivity contribution in [3.63, 3.8) is 0 Å². The number of Topliss-reactive ketones (excluding diaryl/α,β-unsaturated/α-hetero) is 1. The first-order valence-electron chi connectivity index (χ1n) is 4.29. The Morgan fingerprint density at radius 3 is 2.71 bits per heavy atom. The average molecular weight is 197 g/mol. The lowest BCUT2D eigenvalue weighted by molar-refractivity contribution is 0.101. The second kappa shape index (κ2) is 4.09. The van der Waals surface area contributed by atoms with Crippen molar-refractivity contribution in [1.82, 2.24) is 0 Å². The molecule has 0 bridgehead atoms. The zero-order valence-electron chi connectivity index (χ0n) is 8.13. The van der Waals surface area contributed by atoms with Crippen LogP contribution in [0.4, 0.5) is 10.1 Å². The van der Waals surface area contributed by atoms with Crippen LogP contribution in [0.1, 0.15) is 24.2 Å². The number of ketones is 1. The second-order valence-corrected chi connectivity index (χ2v) is 2.86. The first-order valence-corrected chi connectivity index (χ1v) is 4.29. The molecule has 0 saturated heterocycles. The summed E-state index contributed by atoms with van der Waals surface area (Å²) in [6, 6.07) is 2.27. The van der Waals surface area contributed by atoms with E-state index in [4.69, 9.17) is 10.5 Å². The largest absolute Gasteiger partial charge is 0.493 e. The number of benzene rings is 1. The van der Waals surface area contributed by atoms with Crippen LogP contribution in [0.2, 0.25) is 0 Å². The molecule has 0 amide bonds. The van der Waals surface area contributed by atoms with Crippen LogP contribution in [0.5, 0.6) is 5.75 Å². The van der Waals surface area contributed by atoms with Crippen molar-refractivity contribution in [2.24, 2.45) is 0 Å². The molecule has 4 heteroatoms. The maximum atomic E-state index is 12.9. The predicted octanol–water partition coefficient (Wildman–Crippen LogP) is 2.01. The topological polar surface area (TPSA) is 52.3 Å². The molecule has 1 aromatic rings. The molecule has 0 spiro atoms. The molecular weight excluding hydrogens is 185 g/mol. The number of nitrogen functional groups attached to an aromatic ring is 1. The van der Waals surface area contributed by atoms with Gasteiger partial charge in [0.05, 0.1) is 12.2 Å². The Morgan fingerprint density at radius 2 is 2.21 bits per heavy atom. The SMILES string of the molecule is CCOc1cc(F)cc(N)c1C(C)=O. The molecule has 0 saturated carbocycles.